The third kappa shape index (κ3) is 6.17. The van der Waals surface area contributed by atoms with Crippen LogP contribution in [0.15, 0.2) is 212 Å². The Bertz CT molecular complexity index is 3220. The molecule has 0 saturated heterocycles. The van der Waals surface area contributed by atoms with Gasteiger partial charge < -0.3 is 0 Å². The first kappa shape index (κ1) is 36.3. The van der Waals surface area contributed by atoms with Crippen LogP contribution in [0.3, 0.4) is 0 Å². The topological polar surface area (TPSA) is 38.7 Å². The summed E-state index contributed by atoms with van der Waals surface area (Å²) in [7, 11) is 0. The third-order valence-corrected chi connectivity index (χ3v) is 12.4. The van der Waals surface area contributed by atoms with Crippen LogP contribution in [-0.4, -0.2) is 15.0 Å². The predicted molar refractivity (Wildman–Crippen MR) is 251 cm³/mol. The summed E-state index contributed by atoms with van der Waals surface area (Å²) in [5.41, 5.74) is 18.7. The fourth-order valence-electron chi connectivity index (χ4n) is 9.58. The molecule has 0 atom stereocenters. The number of hydrogen-bond donors (Lipinski definition) is 0. The van der Waals surface area contributed by atoms with Gasteiger partial charge in [-0.2, -0.15) is 0 Å². The zero-order chi connectivity index (χ0) is 40.9. The Labute approximate surface area is 356 Å². The van der Waals surface area contributed by atoms with E-state index in [0.717, 1.165) is 39.3 Å². The quantitative estimate of drug-likeness (QED) is 0.162. The lowest BCUT2D eigenvalue weighted by Crippen LogP contribution is -2.28. The Hall–Kier alpha value is -7.75. The summed E-state index contributed by atoms with van der Waals surface area (Å²) in [6, 6.07) is 74.8. The van der Waals surface area contributed by atoms with Crippen molar-refractivity contribution >= 4 is 10.8 Å². The molecule has 0 unspecified atom stereocenters. The molecule has 1 aliphatic carbocycles. The summed E-state index contributed by atoms with van der Waals surface area (Å²) in [6.07, 6.45) is 1.96. The van der Waals surface area contributed by atoms with Crippen molar-refractivity contribution in [2.75, 3.05) is 0 Å². The molecule has 0 bridgehead atoms. The van der Waals surface area contributed by atoms with Gasteiger partial charge in [0.2, 0.25) is 0 Å². The minimum atomic E-state index is -0.602. The van der Waals surface area contributed by atoms with Gasteiger partial charge in [-0.05, 0) is 116 Å². The smallest absolute Gasteiger partial charge is 0.160 e. The Balaban J connectivity index is 1.11. The molecule has 0 fully saturated rings. The van der Waals surface area contributed by atoms with Gasteiger partial charge in [-0.25, -0.2) is 9.97 Å². The Kier molecular flexibility index (Phi) is 8.82. The summed E-state index contributed by atoms with van der Waals surface area (Å²) in [5.74, 6) is 0.716. The zero-order valence-electron chi connectivity index (χ0n) is 34.0. The number of hydrogen-bond acceptors (Lipinski definition) is 3. The molecule has 61 heavy (non-hydrogen) atoms. The summed E-state index contributed by atoms with van der Waals surface area (Å²) in [4.78, 5) is 15.0. The summed E-state index contributed by atoms with van der Waals surface area (Å²) in [5, 5.41) is 2.37. The molecule has 0 saturated carbocycles. The van der Waals surface area contributed by atoms with E-state index in [1.807, 2.05) is 13.1 Å². The van der Waals surface area contributed by atoms with Crippen molar-refractivity contribution in [1.82, 2.24) is 15.0 Å². The van der Waals surface area contributed by atoms with Gasteiger partial charge in [-0.15, -0.1) is 0 Å². The van der Waals surface area contributed by atoms with Gasteiger partial charge >= 0.3 is 0 Å². The maximum Gasteiger partial charge on any atom is 0.160 e. The van der Waals surface area contributed by atoms with Gasteiger partial charge in [0.1, 0.15) is 0 Å². The molecule has 0 spiro atoms. The second kappa shape index (κ2) is 14.8. The van der Waals surface area contributed by atoms with Crippen LogP contribution in [0.5, 0.6) is 0 Å². The van der Waals surface area contributed by atoms with Crippen molar-refractivity contribution in [3.63, 3.8) is 0 Å². The molecule has 11 rings (SSSR count). The second-order valence-electron chi connectivity index (χ2n) is 16.1. The van der Waals surface area contributed by atoms with E-state index in [4.69, 9.17) is 9.97 Å². The molecule has 2 heterocycles. The van der Waals surface area contributed by atoms with Crippen molar-refractivity contribution in [3.05, 3.63) is 246 Å². The number of aromatic nitrogens is 3. The number of pyridine rings is 1. The van der Waals surface area contributed by atoms with Crippen LogP contribution in [0.2, 0.25) is 0 Å². The monoisotopic (exact) mass is 779 g/mol. The highest BCUT2D eigenvalue weighted by Crippen LogP contribution is 2.59. The van der Waals surface area contributed by atoms with Crippen molar-refractivity contribution in [2.45, 2.75) is 19.3 Å². The fraction of sp³-hybridized carbons (Fsp3) is 0.0517. The standard InChI is InChI=1S/C58H41N3/c1-38-29-30-46(37-59-38)43-19-11-17-41(34-43)42-18-12-20-44(35-42)50-26-14-28-53-56(50)52-32-31-45(36-54(52)58(53,47-21-5-3-6-22-47)48-23-7-4-8-24-48)57-60-39(2)33-55(61-57)51-27-13-16-40-15-9-10-25-49(40)51/h3-37H,1-2H3. The number of aryl methyl sites for hydroxylation is 2. The van der Waals surface area contributed by atoms with E-state index in [1.165, 1.54) is 66.4 Å². The summed E-state index contributed by atoms with van der Waals surface area (Å²) in [6.45, 7) is 4.09. The minimum Gasteiger partial charge on any atom is -0.261 e. The molecule has 0 amide bonds. The number of nitrogens with zero attached hydrogens (tertiary/aromatic N) is 3. The van der Waals surface area contributed by atoms with Gasteiger partial charge in [0.25, 0.3) is 0 Å². The first-order valence-electron chi connectivity index (χ1n) is 20.9. The molecule has 0 radical (unpaired) electrons. The van der Waals surface area contributed by atoms with Crippen LogP contribution in [-0.2, 0) is 5.41 Å². The molecule has 2 aromatic heterocycles. The van der Waals surface area contributed by atoms with Crippen molar-refractivity contribution in [3.8, 4) is 67.2 Å². The van der Waals surface area contributed by atoms with Crippen LogP contribution in [0.4, 0.5) is 0 Å². The summed E-state index contributed by atoms with van der Waals surface area (Å²) >= 11 is 0. The molecule has 0 aliphatic heterocycles. The van der Waals surface area contributed by atoms with Gasteiger partial charge in [0, 0.05) is 34.3 Å². The van der Waals surface area contributed by atoms with Crippen LogP contribution in [0, 0.1) is 13.8 Å². The predicted octanol–water partition coefficient (Wildman–Crippen LogP) is 14.3. The van der Waals surface area contributed by atoms with E-state index in [0.29, 0.717) is 5.82 Å². The average Bonchev–Trinajstić information content (AvgIpc) is 3.62. The lowest BCUT2D eigenvalue weighted by molar-refractivity contribution is 0.768. The molecule has 10 aromatic rings. The van der Waals surface area contributed by atoms with Crippen LogP contribution < -0.4 is 0 Å². The molecular formula is C58H41N3. The van der Waals surface area contributed by atoms with E-state index in [9.17, 15) is 0 Å². The Morgan fingerprint density at radius 2 is 0.984 bits per heavy atom. The fourth-order valence-corrected chi connectivity index (χ4v) is 9.58. The highest BCUT2D eigenvalue weighted by atomic mass is 14.9. The number of rotatable bonds is 7. The zero-order valence-corrected chi connectivity index (χ0v) is 34.0. The van der Waals surface area contributed by atoms with Crippen LogP contribution in [0.25, 0.3) is 77.9 Å². The maximum atomic E-state index is 5.31. The lowest BCUT2D eigenvalue weighted by atomic mass is 9.67. The van der Waals surface area contributed by atoms with E-state index in [1.54, 1.807) is 0 Å². The molecule has 1 aliphatic rings. The van der Waals surface area contributed by atoms with Crippen molar-refractivity contribution < 1.29 is 0 Å². The van der Waals surface area contributed by atoms with E-state index in [-0.39, 0.29) is 0 Å². The van der Waals surface area contributed by atoms with Gasteiger partial charge in [0.15, 0.2) is 5.82 Å². The molecule has 3 heteroatoms. The number of benzene rings is 8. The van der Waals surface area contributed by atoms with E-state index in [2.05, 4.69) is 218 Å². The molecule has 288 valence electrons. The Morgan fingerprint density at radius 1 is 0.377 bits per heavy atom. The first-order chi connectivity index (χ1) is 30.0. The minimum absolute atomic E-state index is 0.602. The maximum absolute atomic E-state index is 5.31. The van der Waals surface area contributed by atoms with Gasteiger partial charge in [-0.1, -0.05) is 176 Å². The summed E-state index contributed by atoms with van der Waals surface area (Å²) < 4.78 is 0. The second-order valence-corrected chi connectivity index (χ2v) is 16.1. The highest BCUT2D eigenvalue weighted by molar-refractivity contribution is 5.98. The third-order valence-electron chi connectivity index (χ3n) is 12.4. The van der Waals surface area contributed by atoms with Crippen molar-refractivity contribution in [1.29, 1.82) is 0 Å². The Morgan fingerprint density at radius 3 is 1.72 bits per heavy atom. The van der Waals surface area contributed by atoms with Gasteiger partial charge in [-0.3, -0.25) is 4.98 Å². The molecule has 8 aromatic carbocycles. The van der Waals surface area contributed by atoms with E-state index >= 15 is 0 Å². The van der Waals surface area contributed by atoms with E-state index < -0.39 is 5.41 Å². The highest BCUT2D eigenvalue weighted by Gasteiger charge is 2.47. The average molecular weight is 780 g/mol. The largest absolute Gasteiger partial charge is 0.261 e. The SMILES string of the molecule is Cc1ccc(-c2cccc(-c3cccc(-c4cccc5c4-c4ccc(-c6nc(C)cc(-c7cccc8ccccc78)n6)cc4C5(c4ccccc4)c4ccccc4)c3)c2)cn1. The molecule has 0 N–H and O–H groups in total. The van der Waals surface area contributed by atoms with Crippen molar-refractivity contribution in [2.24, 2.45) is 0 Å². The lowest BCUT2D eigenvalue weighted by Gasteiger charge is -2.34. The number of fused-ring (bicyclic) bond motifs is 4. The molecule has 3 nitrogen and oxygen atoms in total. The van der Waals surface area contributed by atoms with Crippen LogP contribution >= 0.6 is 0 Å². The first-order valence-corrected chi connectivity index (χ1v) is 20.9. The normalized spacial score (nSPS) is 12.6. The van der Waals surface area contributed by atoms with Crippen LogP contribution in [0.1, 0.15) is 33.6 Å². The van der Waals surface area contributed by atoms with Gasteiger partial charge in [0.05, 0.1) is 11.1 Å². The molecular weight excluding hydrogens is 739 g/mol.